The molecular weight excluding hydrogens is 310 g/mol. The van der Waals surface area contributed by atoms with E-state index in [0.29, 0.717) is 6.61 Å². The average Bonchev–Trinajstić information content (AvgIpc) is 3.23. The number of piperazine rings is 1. The fourth-order valence-corrected chi connectivity index (χ4v) is 3.69. The summed E-state index contributed by atoms with van der Waals surface area (Å²) in [6.07, 6.45) is 2.60. The minimum atomic E-state index is 0.614. The maximum atomic E-state index is 6.21. The van der Waals surface area contributed by atoms with Gasteiger partial charge in [-0.3, -0.25) is 0 Å². The molecular formula is C21H27N3O. The van der Waals surface area contributed by atoms with Crippen LogP contribution in [0.3, 0.4) is 0 Å². The van der Waals surface area contributed by atoms with Gasteiger partial charge in [0, 0.05) is 45.0 Å². The zero-order valence-electron chi connectivity index (χ0n) is 14.8. The second-order valence-corrected chi connectivity index (χ2v) is 6.86. The van der Waals surface area contributed by atoms with Crippen molar-refractivity contribution in [3.63, 3.8) is 0 Å². The Labute approximate surface area is 150 Å². The molecule has 0 aromatic heterocycles. The molecule has 0 radical (unpaired) electrons. The average molecular weight is 337 g/mol. The summed E-state index contributed by atoms with van der Waals surface area (Å²) in [5, 5.41) is 3.44. The first-order valence-electron chi connectivity index (χ1n) is 9.41. The van der Waals surface area contributed by atoms with Crippen LogP contribution in [0.2, 0.25) is 0 Å². The summed E-state index contributed by atoms with van der Waals surface area (Å²) >= 11 is 0. The van der Waals surface area contributed by atoms with E-state index in [4.69, 9.17) is 4.74 Å². The van der Waals surface area contributed by atoms with Crippen LogP contribution in [-0.4, -0.2) is 39.3 Å². The molecule has 2 aliphatic heterocycles. The van der Waals surface area contributed by atoms with Gasteiger partial charge in [-0.1, -0.05) is 30.3 Å². The van der Waals surface area contributed by atoms with Crippen molar-refractivity contribution in [3.8, 4) is 5.75 Å². The smallest absolute Gasteiger partial charge is 0.143 e. The maximum absolute atomic E-state index is 6.21. The fourth-order valence-electron chi connectivity index (χ4n) is 3.69. The van der Waals surface area contributed by atoms with Gasteiger partial charge >= 0.3 is 0 Å². The van der Waals surface area contributed by atoms with Crippen LogP contribution in [0, 0.1) is 0 Å². The van der Waals surface area contributed by atoms with E-state index in [9.17, 15) is 0 Å². The SMILES string of the molecule is c1ccc(COc2ccc(N3CCCC3)cc2N2CCNCC2)cc1. The Morgan fingerprint density at radius 1 is 0.840 bits per heavy atom. The fraction of sp³-hybridized carbons (Fsp3) is 0.429. The van der Waals surface area contributed by atoms with Crippen LogP contribution in [0.15, 0.2) is 48.5 Å². The van der Waals surface area contributed by atoms with Gasteiger partial charge in [0.25, 0.3) is 0 Å². The molecule has 0 amide bonds. The molecule has 0 bridgehead atoms. The molecule has 1 N–H and O–H groups in total. The number of benzene rings is 2. The van der Waals surface area contributed by atoms with Gasteiger partial charge in [-0.05, 0) is 36.6 Å². The van der Waals surface area contributed by atoms with Crippen LogP contribution in [0.4, 0.5) is 11.4 Å². The predicted octanol–water partition coefficient (Wildman–Crippen LogP) is 3.28. The Hall–Kier alpha value is -2.20. The van der Waals surface area contributed by atoms with Crippen molar-refractivity contribution in [2.75, 3.05) is 49.1 Å². The highest BCUT2D eigenvalue weighted by Gasteiger charge is 2.19. The van der Waals surface area contributed by atoms with Gasteiger partial charge in [-0.15, -0.1) is 0 Å². The standard InChI is InChI=1S/C21H27N3O/c1-2-6-18(7-3-1)17-25-21-9-8-19(23-12-4-5-13-23)16-20(21)24-14-10-22-11-15-24/h1-3,6-9,16,22H,4-5,10-15,17H2. The third-order valence-electron chi connectivity index (χ3n) is 5.11. The third-order valence-corrected chi connectivity index (χ3v) is 5.11. The summed E-state index contributed by atoms with van der Waals surface area (Å²) in [5.74, 6) is 0.994. The van der Waals surface area contributed by atoms with Gasteiger partial charge in [0.05, 0.1) is 5.69 Å². The molecule has 4 nitrogen and oxygen atoms in total. The van der Waals surface area contributed by atoms with E-state index in [1.165, 1.54) is 42.9 Å². The van der Waals surface area contributed by atoms with Crippen LogP contribution in [0.1, 0.15) is 18.4 Å². The lowest BCUT2D eigenvalue weighted by Crippen LogP contribution is -2.43. The minimum absolute atomic E-state index is 0.614. The van der Waals surface area contributed by atoms with Gasteiger partial charge in [0.15, 0.2) is 0 Å². The molecule has 0 saturated carbocycles. The van der Waals surface area contributed by atoms with Crippen molar-refractivity contribution in [2.45, 2.75) is 19.4 Å². The first-order chi connectivity index (χ1) is 12.4. The highest BCUT2D eigenvalue weighted by Crippen LogP contribution is 2.34. The maximum Gasteiger partial charge on any atom is 0.143 e. The van der Waals surface area contributed by atoms with Crippen LogP contribution in [0.25, 0.3) is 0 Å². The Bertz CT molecular complexity index is 677. The van der Waals surface area contributed by atoms with Crippen LogP contribution < -0.4 is 19.9 Å². The highest BCUT2D eigenvalue weighted by atomic mass is 16.5. The van der Waals surface area contributed by atoms with Crippen molar-refractivity contribution in [1.82, 2.24) is 5.32 Å². The van der Waals surface area contributed by atoms with E-state index in [1.54, 1.807) is 0 Å². The van der Waals surface area contributed by atoms with E-state index in [2.05, 4.69) is 57.6 Å². The molecule has 4 rings (SSSR count). The molecule has 2 aromatic rings. The summed E-state index contributed by atoms with van der Waals surface area (Å²) in [6, 6.07) is 17.1. The van der Waals surface area contributed by atoms with Crippen LogP contribution in [0.5, 0.6) is 5.75 Å². The Kier molecular flexibility index (Phi) is 5.07. The summed E-state index contributed by atoms with van der Waals surface area (Å²) in [4.78, 5) is 4.95. The zero-order valence-corrected chi connectivity index (χ0v) is 14.8. The molecule has 2 heterocycles. The largest absolute Gasteiger partial charge is 0.487 e. The lowest BCUT2D eigenvalue weighted by molar-refractivity contribution is 0.306. The van der Waals surface area contributed by atoms with Gasteiger partial charge < -0.3 is 19.9 Å². The van der Waals surface area contributed by atoms with E-state index in [1.807, 2.05) is 6.07 Å². The van der Waals surface area contributed by atoms with E-state index in [-0.39, 0.29) is 0 Å². The minimum Gasteiger partial charge on any atom is -0.487 e. The molecule has 0 atom stereocenters. The summed E-state index contributed by atoms with van der Waals surface area (Å²) < 4.78 is 6.21. The molecule has 25 heavy (non-hydrogen) atoms. The molecule has 0 unspecified atom stereocenters. The normalized spacial score (nSPS) is 17.8. The van der Waals surface area contributed by atoms with Crippen molar-refractivity contribution in [3.05, 3.63) is 54.1 Å². The molecule has 2 fully saturated rings. The van der Waals surface area contributed by atoms with E-state index >= 15 is 0 Å². The summed E-state index contributed by atoms with van der Waals surface area (Å²) in [5.41, 5.74) is 3.78. The quantitative estimate of drug-likeness (QED) is 0.906. The first-order valence-corrected chi connectivity index (χ1v) is 9.41. The van der Waals surface area contributed by atoms with E-state index < -0.39 is 0 Å². The Balaban J connectivity index is 1.57. The monoisotopic (exact) mass is 337 g/mol. The molecule has 2 saturated heterocycles. The van der Waals surface area contributed by atoms with Crippen LogP contribution in [-0.2, 0) is 6.61 Å². The van der Waals surface area contributed by atoms with E-state index in [0.717, 1.165) is 31.9 Å². The second kappa shape index (κ2) is 7.79. The lowest BCUT2D eigenvalue weighted by atomic mass is 10.2. The van der Waals surface area contributed by atoms with Crippen molar-refractivity contribution in [2.24, 2.45) is 0 Å². The van der Waals surface area contributed by atoms with Crippen molar-refractivity contribution < 1.29 is 4.74 Å². The topological polar surface area (TPSA) is 27.7 Å². The molecule has 4 heteroatoms. The molecule has 0 spiro atoms. The number of hydrogen-bond acceptors (Lipinski definition) is 4. The summed E-state index contributed by atoms with van der Waals surface area (Å²) in [6.45, 7) is 7.09. The Morgan fingerprint density at radius 2 is 1.60 bits per heavy atom. The van der Waals surface area contributed by atoms with Gasteiger partial charge in [0.1, 0.15) is 12.4 Å². The van der Waals surface area contributed by atoms with Gasteiger partial charge in [0.2, 0.25) is 0 Å². The number of hydrogen-bond donors (Lipinski definition) is 1. The van der Waals surface area contributed by atoms with Crippen LogP contribution >= 0.6 is 0 Å². The first kappa shape index (κ1) is 16.3. The Morgan fingerprint density at radius 3 is 2.36 bits per heavy atom. The number of rotatable bonds is 5. The summed E-state index contributed by atoms with van der Waals surface area (Å²) in [7, 11) is 0. The van der Waals surface area contributed by atoms with Gasteiger partial charge in [-0.25, -0.2) is 0 Å². The number of nitrogens with one attached hydrogen (secondary N) is 1. The number of anilines is 2. The molecule has 132 valence electrons. The highest BCUT2D eigenvalue weighted by molar-refractivity contribution is 5.67. The third kappa shape index (κ3) is 3.90. The second-order valence-electron chi connectivity index (χ2n) is 6.86. The van der Waals surface area contributed by atoms with Crippen molar-refractivity contribution in [1.29, 1.82) is 0 Å². The van der Waals surface area contributed by atoms with Crippen molar-refractivity contribution >= 4 is 11.4 Å². The lowest BCUT2D eigenvalue weighted by Gasteiger charge is -2.32. The van der Waals surface area contributed by atoms with Gasteiger partial charge in [-0.2, -0.15) is 0 Å². The predicted molar refractivity (Wildman–Crippen MR) is 104 cm³/mol. The molecule has 2 aliphatic rings. The molecule has 0 aliphatic carbocycles. The molecule has 2 aromatic carbocycles. The number of nitrogens with zero attached hydrogens (tertiary/aromatic N) is 2. The zero-order chi connectivity index (χ0) is 16.9. The number of ether oxygens (including phenoxy) is 1.